The number of rotatable bonds is 7. The second kappa shape index (κ2) is 10.4. The van der Waals surface area contributed by atoms with E-state index < -0.39 is 61.9 Å². The van der Waals surface area contributed by atoms with E-state index in [1.165, 1.54) is 26.2 Å². The van der Waals surface area contributed by atoms with Crippen molar-refractivity contribution in [3.63, 3.8) is 0 Å². The van der Waals surface area contributed by atoms with Crippen LogP contribution in [-0.2, 0) is 14.2 Å². The normalized spacial score (nSPS) is 37.7. The number of aliphatic hydroxyl groups is 6. The lowest BCUT2D eigenvalue weighted by atomic mass is 9.99. The molecule has 180 valence electrons. The number of hydrogen-bond acceptors (Lipinski definition) is 12. The Labute approximate surface area is 183 Å². The Morgan fingerprint density at radius 2 is 1.69 bits per heavy atom. The van der Waals surface area contributed by atoms with E-state index >= 15 is 0 Å². The smallest absolute Gasteiger partial charge is 0.229 e. The fourth-order valence-electron chi connectivity index (χ4n) is 3.41. The molecule has 0 saturated carbocycles. The molecule has 32 heavy (non-hydrogen) atoms. The summed E-state index contributed by atoms with van der Waals surface area (Å²) in [6.07, 6.45) is -13.3. The highest BCUT2D eigenvalue weighted by molar-refractivity contribution is 5.97. The number of aliphatic hydroxyl groups excluding tert-OH is 6. The van der Waals surface area contributed by atoms with Gasteiger partial charge in [0.25, 0.3) is 0 Å². The summed E-state index contributed by atoms with van der Waals surface area (Å²) in [7, 11) is 1.42. The molecule has 0 aliphatic carbocycles. The van der Waals surface area contributed by atoms with Gasteiger partial charge in [0.1, 0.15) is 54.2 Å². The van der Waals surface area contributed by atoms with Crippen molar-refractivity contribution in [1.82, 2.24) is 0 Å². The van der Waals surface area contributed by atoms with Crippen LogP contribution in [0.2, 0.25) is 0 Å². The predicted octanol–water partition coefficient (Wildman–Crippen LogP) is -2.46. The van der Waals surface area contributed by atoms with Crippen molar-refractivity contribution in [3.8, 4) is 11.5 Å². The van der Waals surface area contributed by atoms with Crippen LogP contribution >= 0.6 is 0 Å². The van der Waals surface area contributed by atoms with Gasteiger partial charge in [0.05, 0.1) is 25.9 Å². The van der Waals surface area contributed by atoms with Gasteiger partial charge in [-0.1, -0.05) is 0 Å². The summed E-state index contributed by atoms with van der Waals surface area (Å²) < 4.78 is 26.8. The molecule has 12 nitrogen and oxygen atoms in total. The van der Waals surface area contributed by atoms with Crippen LogP contribution in [0.5, 0.6) is 11.5 Å². The standard InChI is InChI=1S/C20H28O12/c1-8(21)10-4-3-9(28-2)5-12(10)31-20-18(27)16(25)15(24)13(32-20)7-30-19-17(26)14(23)11(22)6-29-19/h3-5,11,13-20,22-27H,6-7H2,1-2H3/t11-,13+,14-,15-,16-,17+,18+,19-,20?/m0/s1. The summed E-state index contributed by atoms with van der Waals surface area (Å²) in [5.41, 5.74) is 0.182. The number of carbonyl (C=O) groups is 1. The molecule has 1 unspecified atom stereocenters. The minimum Gasteiger partial charge on any atom is -0.497 e. The Kier molecular flexibility index (Phi) is 8.03. The molecule has 0 spiro atoms. The molecular weight excluding hydrogens is 432 g/mol. The van der Waals surface area contributed by atoms with Gasteiger partial charge < -0.3 is 54.3 Å². The van der Waals surface area contributed by atoms with Crippen molar-refractivity contribution in [2.45, 2.75) is 62.2 Å². The van der Waals surface area contributed by atoms with E-state index in [-0.39, 0.29) is 23.7 Å². The van der Waals surface area contributed by atoms with E-state index in [0.29, 0.717) is 5.75 Å². The lowest BCUT2D eigenvalue weighted by molar-refractivity contribution is -0.307. The van der Waals surface area contributed by atoms with Gasteiger partial charge in [-0.05, 0) is 19.1 Å². The van der Waals surface area contributed by atoms with Crippen LogP contribution in [0.25, 0.3) is 0 Å². The minimum atomic E-state index is -1.68. The number of carbonyl (C=O) groups excluding carboxylic acids is 1. The van der Waals surface area contributed by atoms with Crippen LogP contribution < -0.4 is 9.47 Å². The summed E-state index contributed by atoms with van der Waals surface area (Å²) in [6.45, 7) is 0.615. The van der Waals surface area contributed by atoms with Gasteiger partial charge in [0.15, 0.2) is 12.1 Å². The molecular formula is C20H28O12. The number of Topliss-reactive ketones (excluding diaryl/α,β-unsaturated/α-hetero) is 1. The van der Waals surface area contributed by atoms with Gasteiger partial charge in [-0.2, -0.15) is 0 Å². The van der Waals surface area contributed by atoms with Crippen LogP contribution in [0.1, 0.15) is 17.3 Å². The summed E-state index contributed by atoms with van der Waals surface area (Å²) in [6, 6.07) is 4.44. The highest BCUT2D eigenvalue weighted by Gasteiger charge is 2.46. The molecule has 2 fully saturated rings. The summed E-state index contributed by atoms with van der Waals surface area (Å²) >= 11 is 0. The monoisotopic (exact) mass is 460 g/mol. The average molecular weight is 460 g/mol. The van der Waals surface area contributed by atoms with E-state index in [9.17, 15) is 35.4 Å². The van der Waals surface area contributed by atoms with Crippen LogP contribution in [0.3, 0.4) is 0 Å². The number of ketones is 1. The molecule has 6 N–H and O–H groups in total. The fraction of sp³-hybridized carbons (Fsp3) is 0.650. The number of benzene rings is 1. The van der Waals surface area contributed by atoms with Crippen molar-refractivity contribution < 1.29 is 59.1 Å². The van der Waals surface area contributed by atoms with Gasteiger partial charge in [0, 0.05) is 6.07 Å². The third kappa shape index (κ3) is 5.20. The lowest BCUT2D eigenvalue weighted by Crippen LogP contribution is -2.61. The first-order chi connectivity index (χ1) is 15.1. The maximum absolute atomic E-state index is 11.9. The number of methoxy groups -OCH3 is 1. The average Bonchev–Trinajstić information content (AvgIpc) is 2.77. The van der Waals surface area contributed by atoms with E-state index in [1.807, 2.05) is 0 Å². The number of ether oxygens (including phenoxy) is 5. The maximum Gasteiger partial charge on any atom is 0.229 e. The third-order valence-corrected chi connectivity index (χ3v) is 5.36. The zero-order valence-electron chi connectivity index (χ0n) is 17.5. The van der Waals surface area contributed by atoms with Gasteiger partial charge in [-0.15, -0.1) is 0 Å². The van der Waals surface area contributed by atoms with Crippen molar-refractivity contribution in [2.24, 2.45) is 0 Å². The van der Waals surface area contributed by atoms with E-state index in [4.69, 9.17) is 23.7 Å². The molecule has 9 atom stereocenters. The first-order valence-electron chi connectivity index (χ1n) is 9.96. The van der Waals surface area contributed by atoms with Crippen molar-refractivity contribution in [3.05, 3.63) is 23.8 Å². The first-order valence-corrected chi connectivity index (χ1v) is 9.96. The van der Waals surface area contributed by atoms with Gasteiger partial charge in [-0.3, -0.25) is 4.79 Å². The molecule has 1 aromatic carbocycles. The molecule has 0 amide bonds. The molecule has 2 aliphatic heterocycles. The largest absolute Gasteiger partial charge is 0.497 e. The van der Waals surface area contributed by atoms with Crippen LogP contribution in [-0.4, -0.2) is 112 Å². The Morgan fingerprint density at radius 3 is 2.34 bits per heavy atom. The second-order valence-electron chi connectivity index (χ2n) is 7.63. The van der Waals surface area contributed by atoms with Gasteiger partial charge in [-0.25, -0.2) is 0 Å². The Bertz CT molecular complexity index is 788. The molecule has 3 rings (SSSR count). The first kappa shape index (κ1) is 24.8. The molecule has 0 bridgehead atoms. The van der Waals surface area contributed by atoms with Crippen LogP contribution in [0.15, 0.2) is 18.2 Å². The van der Waals surface area contributed by atoms with E-state index in [2.05, 4.69) is 0 Å². The summed E-state index contributed by atoms with van der Waals surface area (Å²) in [5, 5.41) is 60.0. The van der Waals surface area contributed by atoms with Crippen molar-refractivity contribution in [2.75, 3.05) is 20.3 Å². The van der Waals surface area contributed by atoms with Crippen molar-refractivity contribution in [1.29, 1.82) is 0 Å². The molecule has 2 heterocycles. The van der Waals surface area contributed by atoms with Crippen molar-refractivity contribution >= 4 is 5.78 Å². The Morgan fingerprint density at radius 1 is 1.00 bits per heavy atom. The second-order valence-corrected chi connectivity index (χ2v) is 7.63. The lowest BCUT2D eigenvalue weighted by Gasteiger charge is -2.41. The molecule has 12 heteroatoms. The van der Waals surface area contributed by atoms with Gasteiger partial charge in [0.2, 0.25) is 6.29 Å². The van der Waals surface area contributed by atoms with E-state index in [1.54, 1.807) is 6.07 Å². The molecule has 0 aromatic heterocycles. The Balaban J connectivity index is 1.71. The topological polar surface area (TPSA) is 185 Å². The molecule has 1 aromatic rings. The molecule has 2 saturated heterocycles. The molecule has 2 aliphatic rings. The highest BCUT2D eigenvalue weighted by atomic mass is 16.7. The van der Waals surface area contributed by atoms with Gasteiger partial charge >= 0.3 is 0 Å². The minimum absolute atomic E-state index is 0.0345. The maximum atomic E-state index is 11.9. The van der Waals surface area contributed by atoms with Crippen LogP contribution in [0.4, 0.5) is 0 Å². The van der Waals surface area contributed by atoms with E-state index in [0.717, 1.165) is 0 Å². The quantitative estimate of drug-likeness (QED) is 0.236. The zero-order chi connectivity index (χ0) is 23.6. The summed E-state index contributed by atoms with van der Waals surface area (Å²) in [4.78, 5) is 11.9. The predicted molar refractivity (Wildman–Crippen MR) is 104 cm³/mol. The SMILES string of the molecule is COc1ccc(C(C)=O)c(OC2O[C@H](CO[C@@H]3OC[C@H](O)[C@H](O)[C@H]3O)[C@H](O)[C@H](O)[C@H]2O)c1. The fourth-order valence-corrected chi connectivity index (χ4v) is 3.41. The molecule has 0 radical (unpaired) electrons. The number of hydrogen-bond donors (Lipinski definition) is 6. The zero-order valence-corrected chi connectivity index (χ0v) is 17.5. The summed E-state index contributed by atoms with van der Waals surface area (Å²) in [5.74, 6) is 0.0878. The highest BCUT2D eigenvalue weighted by Crippen LogP contribution is 2.30. The Hall–Kier alpha value is -1.87. The van der Waals surface area contributed by atoms with Crippen LogP contribution in [0, 0.1) is 0 Å². The third-order valence-electron chi connectivity index (χ3n) is 5.36.